The van der Waals surface area contributed by atoms with Crippen molar-refractivity contribution in [3.63, 3.8) is 0 Å². The highest BCUT2D eigenvalue weighted by atomic mass is 19.1. The number of anilines is 1. The number of aryl methyl sites for hydroxylation is 3. The Morgan fingerprint density at radius 2 is 1.96 bits per heavy atom. The highest BCUT2D eigenvalue weighted by Crippen LogP contribution is 2.27. The molecule has 1 amide bonds. The lowest BCUT2D eigenvalue weighted by atomic mass is 10.0. The van der Waals surface area contributed by atoms with Crippen LogP contribution < -0.4 is 5.32 Å². The van der Waals surface area contributed by atoms with Gasteiger partial charge in [-0.25, -0.2) is 4.39 Å². The van der Waals surface area contributed by atoms with Gasteiger partial charge in [-0.05, 0) is 49.6 Å². The number of nitrogens with one attached hydrogen (secondary N) is 1. The fourth-order valence-corrected chi connectivity index (χ4v) is 2.63. The molecule has 2 aromatic carbocycles. The average Bonchev–Trinajstić information content (AvgIpc) is 2.90. The van der Waals surface area contributed by atoms with Crippen molar-refractivity contribution in [2.45, 2.75) is 27.2 Å². The van der Waals surface area contributed by atoms with E-state index in [2.05, 4.69) is 5.32 Å². The minimum Gasteiger partial charge on any atom is -0.464 e. The molecule has 0 saturated heterocycles. The molecule has 0 bridgehead atoms. The van der Waals surface area contributed by atoms with Crippen molar-refractivity contribution in [3.05, 3.63) is 64.7 Å². The van der Waals surface area contributed by atoms with E-state index in [0.717, 1.165) is 33.2 Å². The summed E-state index contributed by atoms with van der Waals surface area (Å²) in [6, 6.07) is 8.60. The van der Waals surface area contributed by atoms with Crippen LogP contribution in [0.5, 0.6) is 0 Å². The van der Waals surface area contributed by atoms with E-state index in [1.807, 2.05) is 32.9 Å². The molecule has 0 atom stereocenters. The summed E-state index contributed by atoms with van der Waals surface area (Å²) in [7, 11) is 0. The maximum absolute atomic E-state index is 13.7. The molecule has 0 aliphatic heterocycles. The number of amides is 1. The van der Waals surface area contributed by atoms with E-state index < -0.39 is 5.82 Å². The first-order chi connectivity index (χ1) is 11.0. The van der Waals surface area contributed by atoms with Gasteiger partial charge in [0.2, 0.25) is 5.91 Å². The van der Waals surface area contributed by atoms with E-state index in [0.29, 0.717) is 0 Å². The molecule has 0 spiro atoms. The first kappa shape index (κ1) is 15.3. The highest BCUT2D eigenvalue weighted by Gasteiger charge is 2.14. The molecule has 4 heteroatoms. The Kier molecular flexibility index (Phi) is 3.90. The minimum atomic E-state index is -0.438. The maximum atomic E-state index is 13.7. The first-order valence-electron chi connectivity index (χ1n) is 7.48. The van der Waals surface area contributed by atoms with Crippen molar-refractivity contribution >= 4 is 22.6 Å². The molecule has 23 heavy (non-hydrogen) atoms. The molecule has 118 valence electrons. The standard InChI is InChI=1S/C19H18FNO2/c1-11-4-7-16(20)17(8-11)21-18(22)9-14-10-23-19-13(3)12(2)5-6-15(14)19/h4-8,10H,9H2,1-3H3,(H,21,22). The molecule has 3 nitrogen and oxygen atoms in total. The quantitative estimate of drug-likeness (QED) is 0.763. The van der Waals surface area contributed by atoms with Crippen LogP contribution in [-0.2, 0) is 11.2 Å². The fraction of sp³-hybridized carbons (Fsp3) is 0.211. The Morgan fingerprint density at radius 3 is 2.74 bits per heavy atom. The molecule has 3 aromatic rings. The van der Waals surface area contributed by atoms with Crippen molar-refractivity contribution < 1.29 is 13.6 Å². The maximum Gasteiger partial charge on any atom is 0.229 e. The van der Waals surface area contributed by atoms with E-state index >= 15 is 0 Å². The highest BCUT2D eigenvalue weighted by molar-refractivity contribution is 5.96. The summed E-state index contributed by atoms with van der Waals surface area (Å²) in [6.07, 6.45) is 1.74. The summed E-state index contributed by atoms with van der Waals surface area (Å²) in [5, 5.41) is 3.55. The molecule has 0 saturated carbocycles. The normalized spacial score (nSPS) is 11.0. The van der Waals surface area contributed by atoms with Crippen molar-refractivity contribution in [2.75, 3.05) is 5.32 Å². The number of carbonyl (C=O) groups is 1. The van der Waals surface area contributed by atoms with Crippen LogP contribution in [0, 0.1) is 26.6 Å². The molecule has 0 unspecified atom stereocenters. The van der Waals surface area contributed by atoms with E-state index in [4.69, 9.17) is 4.42 Å². The molecule has 1 aromatic heterocycles. The van der Waals surface area contributed by atoms with Gasteiger partial charge in [0.25, 0.3) is 0 Å². The average molecular weight is 311 g/mol. The monoisotopic (exact) mass is 311 g/mol. The van der Waals surface area contributed by atoms with Gasteiger partial charge in [0, 0.05) is 10.9 Å². The predicted molar refractivity (Wildman–Crippen MR) is 89.2 cm³/mol. The SMILES string of the molecule is Cc1ccc(F)c(NC(=O)Cc2coc3c(C)c(C)ccc23)c1. The Labute approximate surface area is 134 Å². The third-order valence-corrected chi connectivity index (χ3v) is 4.09. The third kappa shape index (κ3) is 2.97. The van der Waals surface area contributed by atoms with Crippen LogP contribution in [0.25, 0.3) is 11.0 Å². The van der Waals surface area contributed by atoms with Gasteiger partial charge < -0.3 is 9.73 Å². The van der Waals surface area contributed by atoms with Crippen LogP contribution in [0.4, 0.5) is 10.1 Å². The van der Waals surface area contributed by atoms with Crippen LogP contribution in [0.1, 0.15) is 22.3 Å². The number of furan rings is 1. The second-order valence-electron chi connectivity index (χ2n) is 5.85. The summed E-state index contributed by atoms with van der Waals surface area (Å²) in [4.78, 5) is 12.2. The lowest BCUT2D eigenvalue weighted by molar-refractivity contribution is -0.115. The molecule has 0 radical (unpaired) electrons. The van der Waals surface area contributed by atoms with Crippen molar-refractivity contribution in [1.82, 2.24) is 0 Å². The summed E-state index contributed by atoms with van der Waals surface area (Å²) < 4.78 is 19.3. The number of fused-ring (bicyclic) bond motifs is 1. The minimum absolute atomic E-state index is 0.142. The number of hydrogen-bond donors (Lipinski definition) is 1. The molecule has 3 rings (SSSR count). The first-order valence-corrected chi connectivity index (χ1v) is 7.48. The van der Waals surface area contributed by atoms with E-state index in [-0.39, 0.29) is 18.0 Å². The molecule has 1 heterocycles. The smallest absolute Gasteiger partial charge is 0.229 e. The third-order valence-electron chi connectivity index (χ3n) is 4.09. The zero-order valence-electron chi connectivity index (χ0n) is 13.4. The number of halogens is 1. The summed E-state index contributed by atoms with van der Waals surface area (Å²) in [5.74, 6) is -0.706. The topological polar surface area (TPSA) is 42.2 Å². The van der Waals surface area contributed by atoms with Gasteiger partial charge in [-0.1, -0.05) is 18.2 Å². The van der Waals surface area contributed by atoms with E-state index in [9.17, 15) is 9.18 Å². The van der Waals surface area contributed by atoms with Crippen molar-refractivity contribution in [1.29, 1.82) is 0 Å². The lowest BCUT2D eigenvalue weighted by Gasteiger charge is -2.07. The van der Waals surface area contributed by atoms with Crippen LogP contribution in [0.15, 0.2) is 41.0 Å². The van der Waals surface area contributed by atoms with E-state index in [1.165, 1.54) is 6.07 Å². The zero-order chi connectivity index (χ0) is 16.6. The van der Waals surface area contributed by atoms with Gasteiger partial charge in [-0.3, -0.25) is 4.79 Å². The molecular formula is C19H18FNO2. The van der Waals surface area contributed by atoms with Crippen molar-refractivity contribution in [3.8, 4) is 0 Å². The van der Waals surface area contributed by atoms with Gasteiger partial charge in [-0.15, -0.1) is 0 Å². The molecular weight excluding hydrogens is 293 g/mol. The van der Waals surface area contributed by atoms with Crippen LogP contribution >= 0.6 is 0 Å². The largest absolute Gasteiger partial charge is 0.464 e. The van der Waals surface area contributed by atoms with Crippen LogP contribution in [0.2, 0.25) is 0 Å². The second kappa shape index (κ2) is 5.88. The number of hydrogen-bond acceptors (Lipinski definition) is 2. The van der Waals surface area contributed by atoms with Gasteiger partial charge in [0.1, 0.15) is 11.4 Å². The van der Waals surface area contributed by atoms with Crippen molar-refractivity contribution in [2.24, 2.45) is 0 Å². The molecule has 0 fully saturated rings. The Balaban J connectivity index is 1.83. The van der Waals surface area contributed by atoms with Gasteiger partial charge in [-0.2, -0.15) is 0 Å². The van der Waals surface area contributed by atoms with Gasteiger partial charge in [0.05, 0.1) is 18.4 Å². The van der Waals surface area contributed by atoms with Crippen LogP contribution in [0.3, 0.4) is 0 Å². The number of carbonyl (C=O) groups excluding carboxylic acids is 1. The molecule has 1 N–H and O–H groups in total. The summed E-state index contributed by atoms with van der Waals surface area (Å²) in [5.41, 5.74) is 4.91. The number of benzene rings is 2. The predicted octanol–water partition coefficient (Wildman–Crippen LogP) is 4.68. The fourth-order valence-electron chi connectivity index (χ4n) is 2.63. The van der Waals surface area contributed by atoms with Crippen LogP contribution in [-0.4, -0.2) is 5.91 Å². The van der Waals surface area contributed by atoms with Gasteiger partial charge in [0.15, 0.2) is 0 Å². The Morgan fingerprint density at radius 1 is 1.17 bits per heavy atom. The Hall–Kier alpha value is -2.62. The summed E-state index contributed by atoms with van der Waals surface area (Å²) in [6.45, 7) is 5.86. The van der Waals surface area contributed by atoms with Gasteiger partial charge >= 0.3 is 0 Å². The summed E-state index contributed by atoms with van der Waals surface area (Å²) >= 11 is 0. The Bertz CT molecular complexity index is 896. The van der Waals surface area contributed by atoms with E-state index in [1.54, 1.807) is 18.4 Å². The zero-order valence-corrected chi connectivity index (χ0v) is 13.4. The lowest BCUT2D eigenvalue weighted by Crippen LogP contribution is -2.15. The molecule has 0 aliphatic rings. The number of rotatable bonds is 3. The second-order valence-corrected chi connectivity index (χ2v) is 5.85. The molecule has 0 aliphatic carbocycles.